The predicted octanol–water partition coefficient (Wildman–Crippen LogP) is 5.22. The molecule has 182 valence electrons. The maximum Gasteiger partial charge on any atom is 0.281 e. The van der Waals surface area contributed by atoms with Crippen LogP contribution in [0.15, 0.2) is 53.1 Å². The van der Waals surface area contributed by atoms with E-state index in [1.807, 2.05) is 30.3 Å². The number of hydrogen-bond donors (Lipinski definition) is 0. The van der Waals surface area contributed by atoms with Crippen molar-refractivity contribution in [2.75, 3.05) is 27.2 Å². The van der Waals surface area contributed by atoms with Crippen molar-refractivity contribution in [3.05, 3.63) is 75.9 Å². The molecule has 1 heterocycles. The van der Waals surface area contributed by atoms with Gasteiger partial charge in [0.15, 0.2) is 12.4 Å². The summed E-state index contributed by atoms with van der Waals surface area (Å²) >= 11 is 12.0. The van der Waals surface area contributed by atoms with Gasteiger partial charge in [-0.2, -0.15) is 4.98 Å². The average Bonchev–Trinajstić information content (AvgIpc) is 3.30. The SMILES string of the molecule is C[N+](C)(CCOc1ccc(Cl)c(Cl)c1)Cc1nc(C([O-])(c2ccccc2)C2CCCCC2)no1. The molecule has 1 fully saturated rings. The second-order valence-corrected chi connectivity index (χ2v) is 10.5. The molecular formula is C26H31Cl2N3O3. The monoisotopic (exact) mass is 503 g/mol. The lowest BCUT2D eigenvalue weighted by Gasteiger charge is -2.46. The Balaban J connectivity index is 1.45. The van der Waals surface area contributed by atoms with E-state index in [9.17, 15) is 5.11 Å². The van der Waals surface area contributed by atoms with Gasteiger partial charge in [-0.15, -0.1) is 0 Å². The minimum Gasteiger partial charge on any atom is -0.840 e. The molecule has 1 saturated carbocycles. The second-order valence-electron chi connectivity index (χ2n) is 9.69. The standard InChI is InChI=1S/C26H31Cl2N3O3/c1-31(2,15-16-33-21-13-14-22(27)23(28)17-21)18-24-29-25(30-34-24)26(32,19-9-5-3-6-10-19)20-11-7-4-8-12-20/h3,5-6,9-10,13-14,17,20H,4,7-8,11-12,15-16,18H2,1-2H3. The summed E-state index contributed by atoms with van der Waals surface area (Å²) in [5, 5.41) is 19.5. The van der Waals surface area contributed by atoms with Gasteiger partial charge in [-0.3, -0.25) is 0 Å². The van der Waals surface area contributed by atoms with Crippen LogP contribution in [0.3, 0.4) is 0 Å². The van der Waals surface area contributed by atoms with Gasteiger partial charge in [0.2, 0.25) is 0 Å². The van der Waals surface area contributed by atoms with Crippen molar-refractivity contribution < 1.29 is 18.8 Å². The van der Waals surface area contributed by atoms with E-state index < -0.39 is 5.60 Å². The Bertz CT molecular complexity index is 1080. The van der Waals surface area contributed by atoms with E-state index in [1.165, 1.54) is 6.42 Å². The Morgan fingerprint density at radius 3 is 2.50 bits per heavy atom. The summed E-state index contributed by atoms with van der Waals surface area (Å²) in [4.78, 5) is 4.63. The highest BCUT2D eigenvalue weighted by Crippen LogP contribution is 2.40. The van der Waals surface area contributed by atoms with Gasteiger partial charge in [0.1, 0.15) is 18.9 Å². The third-order valence-electron chi connectivity index (χ3n) is 6.60. The Hall–Kier alpha value is -2.12. The van der Waals surface area contributed by atoms with E-state index in [2.05, 4.69) is 24.2 Å². The molecule has 2 aromatic carbocycles. The number of nitrogens with zero attached hydrogens (tertiary/aromatic N) is 3. The van der Waals surface area contributed by atoms with E-state index in [-0.39, 0.29) is 11.7 Å². The highest BCUT2D eigenvalue weighted by atomic mass is 35.5. The molecule has 8 heteroatoms. The summed E-state index contributed by atoms with van der Waals surface area (Å²) in [6, 6.07) is 14.7. The second kappa shape index (κ2) is 10.6. The molecule has 0 amide bonds. The van der Waals surface area contributed by atoms with Crippen LogP contribution >= 0.6 is 23.2 Å². The lowest BCUT2D eigenvalue weighted by atomic mass is 9.73. The molecule has 0 bridgehead atoms. The molecule has 1 atom stereocenters. The summed E-state index contributed by atoms with van der Waals surface area (Å²) in [6.45, 7) is 1.67. The quantitative estimate of drug-likeness (QED) is 0.374. The Morgan fingerprint density at radius 2 is 1.79 bits per heavy atom. The van der Waals surface area contributed by atoms with Crippen LogP contribution in [0.5, 0.6) is 5.75 Å². The van der Waals surface area contributed by atoms with Crippen LogP contribution in [0, 0.1) is 5.92 Å². The van der Waals surface area contributed by atoms with Gasteiger partial charge in [0.25, 0.3) is 5.89 Å². The zero-order valence-corrected chi connectivity index (χ0v) is 21.2. The van der Waals surface area contributed by atoms with Gasteiger partial charge in [-0.1, -0.05) is 96.4 Å². The largest absolute Gasteiger partial charge is 0.840 e. The first-order chi connectivity index (χ1) is 16.3. The third kappa shape index (κ3) is 5.74. The van der Waals surface area contributed by atoms with Crippen molar-refractivity contribution >= 4 is 23.2 Å². The number of aromatic nitrogens is 2. The number of quaternary nitrogens is 1. The molecule has 6 nitrogen and oxygen atoms in total. The zero-order valence-electron chi connectivity index (χ0n) is 19.7. The molecular weight excluding hydrogens is 473 g/mol. The Kier molecular flexibility index (Phi) is 7.83. The molecule has 1 aromatic heterocycles. The molecule has 1 unspecified atom stereocenters. The van der Waals surface area contributed by atoms with Crippen molar-refractivity contribution in [3.8, 4) is 5.75 Å². The van der Waals surface area contributed by atoms with Gasteiger partial charge in [0.05, 0.1) is 24.1 Å². The van der Waals surface area contributed by atoms with Crippen molar-refractivity contribution in [1.82, 2.24) is 10.1 Å². The number of rotatable bonds is 9. The van der Waals surface area contributed by atoms with Gasteiger partial charge in [-0.25, -0.2) is 0 Å². The topological polar surface area (TPSA) is 71.2 Å². The first kappa shape index (κ1) is 25.0. The van der Waals surface area contributed by atoms with Crippen molar-refractivity contribution in [2.45, 2.75) is 44.2 Å². The lowest BCUT2D eigenvalue weighted by molar-refractivity contribution is -0.904. The molecule has 0 saturated heterocycles. The molecule has 1 aliphatic carbocycles. The minimum absolute atomic E-state index is 0.0452. The van der Waals surface area contributed by atoms with Crippen molar-refractivity contribution in [1.29, 1.82) is 0 Å². The molecule has 0 radical (unpaired) electrons. The van der Waals surface area contributed by atoms with Gasteiger partial charge >= 0.3 is 0 Å². The van der Waals surface area contributed by atoms with E-state index in [4.69, 9.17) is 32.5 Å². The minimum atomic E-state index is -1.50. The van der Waals surface area contributed by atoms with E-state index >= 15 is 0 Å². The van der Waals surface area contributed by atoms with Crippen molar-refractivity contribution in [3.63, 3.8) is 0 Å². The predicted molar refractivity (Wildman–Crippen MR) is 131 cm³/mol. The molecule has 0 spiro atoms. The summed E-state index contributed by atoms with van der Waals surface area (Å²) < 4.78 is 12.0. The van der Waals surface area contributed by atoms with Crippen LogP contribution in [0.25, 0.3) is 0 Å². The van der Waals surface area contributed by atoms with E-state index in [1.54, 1.807) is 18.2 Å². The van der Waals surface area contributed by atoms with Crippen LogP contribution < -0.4 is 9.84 Å². The van der Waals surface area contributed by atoms with Crippen molar-refractivity contribution in [2.24, 2.45) is 5.92 Å². The fourth-order valence-corrected chi connectivity index (χ4v) is 4.92. The number of ether oxygens (including phenoxy) is 1. The first-order valence-electron chi connectivity index (χ1n) is 11.8. The van der Waals surface area contributed by atoms with E-state index in [0.717, 1.165) is 25.7 Å². The smallest absolute Gasteiger partial charge is 0.281 e. The summed E-state index contributed by atoms with van der Waals surface area (Å²) in [5.74, 6) is 1.33. The summed E-state index contributed by atoms with van der Waals surface area (Å²) in [7, 11) is 4.12. The van der Waals surface area contributed by atoms with Gasteiger partial charge < -0.3 is 18.8 Å². The molecule has 0 N–H and O–H groups in total. The number of likely N-dealkylation sites (N-methyl/N-ethyl adjacent to an activating group) is 1. The normalized spacial score (nSPS) is 16.9. The Morgan fingerprint density at radius 1 is 1.06 bits per heavy atom. The molecule has 3 aromatic rings. The Labute approximate surface area is 211 Å². The highest BCUT2D eigenvalue weighted by molar-refractivity contribution is 6.42. The summed E-state index contributed by atoms with van der Waals surface area (Å²) in [6.07, 6.45) is 5.07. The maximum absolute atomic E-state index is 14.4. The molecule has 1 aliphatic rings. The lowest BCUT2D eigenvalue weighted by Crippen LogP contribution is -2.50. The maximum atomic E-state index is 14.4. The summed E-state index contributed by atoms with van der Waals surface area (Å²) in [5.41, 5.74) is -0.796. The fourth-order valence-electron chi connectivity index (χ4n) is 4.63. The fraction of sp³-hybridized carbons (Fsp3) is 0.462. The highest BCUT2D eigenvalue weighted by Gasteiger charge is 2.36. The number of halogens is 2. The van der Waals surface area contributed by atoms with Crippen LogP contribution in [-0.2, 0) is 12.1 Å². The average molecular weight is 504 g/mol. The zero-order chi connectivity index (χ0) is 24.2. The van der Waals surface area contributed by atoms with Crippen LogP contribution in [-0.4, -0.2) is 41.9 Å². The van der Waals surface area contributed by atoms with Crippen LogP contribution in [0.2, 0.25) is 10.0 Å². The van der Waals surface area contributed by atoms with Crippen LogP contribution in [0.4, 0.5) is 0 Å². The van der Waals surface area contributed by atoms with Gasteiger partial charge in [-0.05, 0) is 23.7 Å². The van der Waals surface area contributed by atoms with E-state index in [0.29, 0.717) is 51.4 Å². The molecule has 0 aliphatic heterocycles. The number of hydrogen-bond acceptors (Lipinski definition) is 5. The first-order valence-corrected chi connectivity index (χ1v) is 12.5. The van der Waals surface area contributed by atoms with Crippen LogP contribution in [0.1, 0.15) is 49.4 Å². The molecule has 34 heavy (non-hydrogen) atoms. The third-order valence-corrected chi connectivity index (χ3v) is 7.34. The van der Waals surface area contributed by atoms with Gasteiger partial charge in [0, 0.05) is 6.07 Å². The number of benzene rings is 2. The molecule has 4 rings (SSSR count).